The number of carboxylic acids is 1. The van der Waals surface area contributed by atoms with Crippen molar-refractivity contribution in [3.63, 3.8) is 0 Å². The zero-order valence-corrected chi connectivity index (χ0v) is 9.33. The highest BCUT2D eigenvalue weighted by Gasteiger charge is 2.46. The van der Waals surface area contributed by atoms with Crippen LogP contribution in [0.4, 0.5) is 13.2 Å². The zero-order chi connectivity index (χ0) is 13.4. The molecule has 1 saturated carbocycles. The van der Waals surface area contributed by atoms with Crippen LogP contribution in [-0.4, -0.2) is 17.4 Å². The van der Waals surface area contributed by atoms with Crippen LogP contribution in [0.25, 0.3) is 0 Å². The molecular formula is C12H11F3O3. The lowest BCUT2D eigenvalue weighted by molar-refractivity contribution is -0.274. The molecule has 0 aliphatic heterocycles. The van der Waals surface area contributed by atoms with Gasteiger partial charge in [0.05, 0.1) is 5.41 Å². The number of aliphatic carboxylic acids is 1. The van der Waals surface area contributed by atoms with Crippen molar-refractivity contribution in [2.45, 2.75) is 31.0 Å². The summed E-state index contributed by atoms with van der Waals surface area (Å²) in [5.74, 6) is -1.38. The molecule has 18 heavy (non-hydrogen) atoms. The lowest BCUT2D eigenvalue weighted by atomic mass is 9.64. The number of halogens is 3. The fraction of sp³-hybridized carbons (Fsp3) is 0.417. The van der Waals surface area contributed by atoms with E-state index in [9.17, 15) is 23.1 Å². The lowest BCUT2D eigenvalue weighted by Crippen LogP contribution is -2.42. The minimum atomic E-state index is -4.77. The molecule has 0 spiro atoms. The van der Waals surface area contributed by atoms with Gasteiger partial charge in [-0.15, -0.1) is 13.2 Å². The van der Waals surface area contributed by atoms with Gasteiger partial charge in [-0.1, -0.05) is 18.6 Å². The van der Waals surface area contributed by atoms with Crippen molar-refractivity contribution in [3.05, 3.63) is 29.8 Å². The Morgan fingerprint density at radius 2 is 2.00 bits per heavy atom. The molecule has 1 aromatic carbocycles. The monoisotopic (exact) mass is 260 g/mol. The zero-order valence-electron chi connectivity index (χ0n) is 9.33. The maximum atomic E-state index is 12.1. The smallest absolute Gasteiger partial charge is 0.481 e. The Morgan fingerprint density at radius 3 is 2.44 bits per heavy atom. The number of benzene rings is 1. The summed E-state index contributed by atoms with van der Waals surface area (Å²) < 4.78 is 40.0. The lowest BCUT2D eigenvalue weighted by Gasteiger charge is -2.38. The van der Waals surface area contributed by atoms with Gasteiger partial charge in [-0.3, -0.25) is 4.79 Å². The van der Waals surface area contributed by atoms with Gasteiger partial charge in [-0.25, -0.2) is 0 Å². The summed E-state index contributed by atoms with van der Waals surface area (Å²) in [6, 6.07) is 5.21. The number of rotatable bonds is 3. The molecule has 98 valence electrons. The molecule has 6 heteroatoms. The van der Waals surface area contributed by atoms with E-state index in [1.54, 1.807) is 0 Å². The number of carboxylic acid groups (broad SMARTS) is 1. The molecular weight excluding hydrogens is 249 g/mol. The Balaban J connectivity index is 2.30. The first-order valence-corrected chi connectivity index (χ1v) is 5.43. The minimum absolute atomic E-state index is 0.364. The first kappa shape index (κ1) is 12.7. The Hall–Kier alpha value is -1.72. The molecule has 0 bridgehead atoms. The summed E-state index contributed by atoms with van der Waals surface area (Å²) in [7, 11) is 0. The van der Waals surface area contributed by atoms with E-state index in [1.165, 1.54) is 12.1 Å². The predicted molar refractivity (Wildman–Crippen MR) is 56.3 cm³/mol. The summed E-state index contributed by atoms with van der Waals surface area (Å²) in [4.78, 5) is 11.2. The summed E-state index contributed by atoms with van der Waals surface area (Å²) in [6.07, 6.45) is -3.12. The van der Waals surface area contributed by atoms with E-state index in [-0.39, 0.29) is 5.75 Å². The Bertz CT molecular complexity index is 464. The molecule has 1 aliphatic carbocycles. The highest BCUT2D eigenvalue weighted by atomic mass is 19.4. The van der Waals surface area contributed by atoms with E-state index in [4.69, 9.17) is 0 Å². The van der Waals surface area contributed by atoms with Gasteiger partial charge < -0.3 is 9.84 Å². The van der Waals surface area contributed by atoms with E-state index < -0.39 is 17.7 Å². The Morgan fingerprint density at radius 1 is 1.33 bits per heavy atom. The second-order valence-electron chi connectivity index (χ2n) is 4.32. The fourth-order valence-electron chi connectivity index (χ4n) is 2.15. The van der Waals surface area contributed by atoms with E-state index in [0.717, 1.165) is 18.6 Å². The maximum Gasteiger partial charge on any atom is 0.573 e. The fourth-order valence-corrected chi connectivity index (χ4v) is 2.15. The highest BCUT2D eigenvalue weighted by Crippen LogP contribution is 2.44. The van der Waals surface area contributed by atoms with Gasteiger partial charge in [-0.05, 0) is 30.5 Å². The van der Waals surface area contributed by atoms with Crippen molar-refractivity contribution in [1.82, 2.24) is 0 Å². The van der Waals surface area contributed by atoms with Crippen LogP contribution < -0.4 is 4.74 Å². The first-order valence-electron chi connectivity index (χ1n) is 5.43. The van der Waals surface area contributed by atoms with E-state index >= 15 is 0 Å². The number of carbonyl (C=O) groups is 1. The van der Waals surface area contributed by atoms with Gasteiger partial charge in [-0.2, -0.15) is 0 Å². The molecule has 1 fully saturated rings. The molecule has 0 aromatic heterocycles. The molecule has 0 saturated heterocycles. The van der Waals surface area contributed by atoms with Crippen molar-refractivity contribution in [2.75, 3.05) is 0 Å². The average molecular weight is 260 g/mol. The molecule has 0 heterocycles. The quantitative estimate of drug-likeness (QED) is 0.908. The van der Waals surface area contributed by atoms with Gasteiger partial charge in [0, 0.05) is 0 Å². The van der Waals surface area contributed by atoms with Gasteiger partial charge >= 0.3 is 12.3 Å². The van der Waals surface area contributed by atoms with E-state index in [1.807, 2.05) is 0 Å². The van der Waals surface area contributed by atoms with Crippen molar-refractivity contribution in [2.24, 2.45) is 0 Å². The van der Waals surface area contributed by atoms with Gasteiger partial charge in [0.1, 0.15) is 5.75 Å². The highest BCUT2D eigenvalue weighted by molar-refractivity contribution is 5.82. The number of ether oxygens (including phenoxy) is 1. The minimum Gasteiger partial charge on any atom is -0.481 e. The van der Waals surface area contributed by atoms with Crippen LogP contribution in [0.2, 0.25) is 0 Å². The molecule has 0 atom stereocenters. The molecule has 0 radical (unpaired) electrons. The molecule has 3 nitrogen and oxygen atoms in total. The number of alkyl halides is 3. The molecule has 1 aliphatic rings. The van der Waals surface area contributed by atoms with Crippen LogP contribution in [0.3, 0.4) is 0 Å². The molecule has 0 amide bonds. The van der Waals surface area contributed by atoms with E-state index in [0.29, 0.717) is 18.4 Å². The first-order chi connectivity index (χ1) is 8.33. The summed E-state index contributed by atoms with van der Waals surface area (Å²) in [6.45, 7) is 0. The van der Waals surface area contributed by atoms with Crippen molar-refractivity contribution in [1.29, 1.82) is 0 Å². The van der Waals surface area contributed by atoms with Crippen LogP contribution in [0.15, 0.2) is 24.3 Å². The van der Waals surface area contributed by atoms with E-state index in [2.05, 4.69) is 4.74 Å². The summed E-state index contributed by atoms with van der Waals surface area (Å²) in [5, 5.41) is 9.20. The van der Waals surface area contributed by atoms with Crippen LogP contribution in [-0.2, 0) is 10.2 Å². The Kier molecular flexibility index (Phi) is 2.96. The summed E-state index contributed by atoms with van der Waals surface area (Å²) in [5.41, 5.74) is -0.687. The number of hydrogen-bond acceptors (Lipinski definition) is 2. The predicted octanol–water partition coefficient (Wildman–Crippen LogP) is 3.09. The van der Waals surface area contributed by atoms with Gasteiger partial charge in [0.2, 0.25) is 0 Å². The van der Waals surface area contributed by atoms with Crippen LogP contribution in [0.1, 0.15) is 24.8 Å². The standard InChI is InChI=1S/C12H11F3O3/c13-12(14,15)18-9-4-1-3-8(7-9)11(10(16)17)5-2-6-11/h1,3-4,7H,2,5-6H2,(H,16,17). The van der Waals surface area contributed by atoms with Crippen LogP contribution in [0, 0.1) is 0 Å². The second-order valence-corrected chi connectivity index (χ2v) is 4.32. The largest absolute Gasteiger partial charge is 0.573 e. The average Bonchev–Trinajstić information content (AvgIpc) is 2.12. The normalized spacial score (nSPS) is 17.9. The van der Waals surface area contributed by atoms with Crippen LogP contribution >= 0.6 is 0 Å². The maximum absolute atomic E-state index is 12.1. The SMILES string of the molecule is O=C(O)C1(c2cccc(OC(F)(F)F)c2)CCC1. The van der Waals surface area contributed by atoms with Gasteiger partial charge in [0.25, 0.3) is 0 Å². The van der Waals surface area contributed by atoms with Gasteiger partial charge in [0.15, 0.2) is 0 Å². The molecule has 1 aromatic rings. The third-order valence-electron chi connectivity index (χ3n) is 3.24. The molecule has 1 N–H and O–H groups in total. The molecule has 2 rings (SSSR count). The van der Waals surface area contributed by atoms with Crippen molar-refractivity contribution < 1.29 is 27.8 Å². The number of hydrogen-bond donors (Lipinski definition) is 1. The van der Waals surface area contributed by atoms with Crippen molar-refractivity contribution in [3.8, 4) is 5.75 Å². The van der Waals surface area contributed by atoms with Crippen molar-refractivity contribution >= 4 is 5.97 Å². The topological polar surface area (TPSA) is 46.5 Å². The Labute approximate surface area is 101 Å². The third-order valence-corrected chi connectivity index (χ3v) is 3.24. The van der Waals surface area contributed by atoms with Crippen LogP contribution in [0.5, 0.6) is 5.75 Å². The molecule has 0 unspecified atom stereocenters. The summed E-state index contributed by atoms with van der Waals surface area (Å²) >= 11 is 0. The third kappa shape index (κ3) is 2.27. The second kappa shape index (κ2) is 4.19.